The van der Waals surface area contributed by atoms with Crippen molar-refractivity contribution >= 4 is 40.5 Å². The molecule has 0 aliphatic carbocycles. The number of carbonyl (C=O) groups excluding carboxylic acids is 1. The third kappa shape index (κ3) is 3.65. The number of anilines is 2. The van der Waals surface area contributed by atoms with E-state index < -0.39 is 11.7 Å². The maximum absolute atomic E-state index is 13.8. The van der Waals surface area contributed by atoms with E-state index in [2.05, 4.69) is 10.6 Å². The molecule has 0 aliphatic heterocycles. The molecule has 0 spiro atoms. The van der Waals surface area contributed by atoms with Gasteiger partial charge < -0.3 is 10.6 Å². The molecule has 0 unspecified atom stereocenters. The zero-order valence-electron chi connectivity index (χ0n) is 11.2. The molecule has 3 nitrogen and oxygen atoms in total. The van der Waals surface area contributed by atoms with Gasteiger partial charge in [-0.25, -0.2) is 4.39 Å². The van der Waals surface area contributed by atoms with Gasteiger partial charge in [0.05, 0.1) is 16.3 Å². The van der Waals surface area contributed by atoms with Crippen LogP contribution in [-0.2, 0) is 0 Å². The quantitative estimate of drug-likeness (QED) is 0.845. The van der Waals surface area contributed by atoms with Crippen LogP contribution in [0.2, 0.25) is 10.0 Å². The predicted octanol–water partition coefficient (Wildman–Crippen LogP) is 4.82. The van der Waals surface area contributed by atoms with Crippen molar-refractivity contribution in [1.29, 1.82) is 0 Å². The second-order valence-corrected chi connectivity index (χ2v) is 5.12. The van der Waals surface area contributed by atoms with Crippen LogP contribution in [-0.4, -0.2) is 12.5 Å². The Morgan fingerprint density at radius 3 is 2.67 bits per heavy atom. The first kappa shape index (κ1) is 15.6. The van der Waals surface area contributed by atoms with Crippen LogP contribution in [0.4, 0.5) is 15.8 Å². The van der Waals surface area contributed by atoms with E-state index in [4.69, 9.17) is 23.2 Å². The van der Waals surface area contributed by atoms with Gasteiger partial charge in [0.15, 0.2) is 5.82 Å². The van der Waals surface area contributed by atoms with E-state index in [9.17, 15) is 9.18 Å². The largest absolute Gasteiger partial charge is 0.385 e. The van der Waals surface area contributed by atoms with Gasteiger partial charge in [-0.05, 0) is 37.3 Å². The molecule has 0 saturated heterocycles. The zero-order valence-corrected chi connectivity index (χ0v) is 12.7. The number of halogens is 3. The minimum atomic E-state index is -0.667. The zero-order chi connectivity index (χ0) is 15.4. The second-order valence-electron chi connectivity index (χ2n) is 4.28. The summed E-state index contributed by atoms with van der Waals surface area (Å²) >= 11 is 11.6. The Kier molecular flexibility index (Phi) is 5.04. The molecule has 2 aromatic carbocycles. The summed E-state index contributed by atoms with van der Waals surface area (Å²) in [4.78, 5) is 12.3. The number of carbonyl (C=O) groups is 1. The topological polar surface area (TPSA) is 41.1 Å². The molecule has 0 heterocycles. The molecule has 0 aromatic heterocycles. The lowest BCUT2D eigenvalue weighted by Crippen LogP contribution is -2.15. The molecule has 21 heavy (non-hydrogen) atoms. The normalized spacial score (nSPS) is 10.3. The first-order valence-electron chi connectivity index (χ1n) is 6.31. The molecule has 0 fully saturated rings. The van der Waals surface area contributed by atoms with Crippen LogP contribution in [0.5, 0.6) is 0 Å². The Morgan fingerprint density at radius 1 is 1.19 bits per heavy atom. The molecule has 2 N–H and O–H groups in total. The standard InChI is InChI=1S/C15H13Cl2FN2O/c1-2-19-12-7-6-9(16)8-10(12)15(21)20-13-5-3-4-11(17)14(13)18/h3-8,19H,2H2,1H3,(H,20,21). The Hall–Kier alpha value is -1.78. The van der Waals surface area contributed by atoms with Crippen molar-refractivity contribution in [3.05, 3.63) is 57.8 Å². The Morgan fingerprint density at radius 2 is 1.95 bits per heavy atom. The van der Waals surface area contributed by atoms with E-state index in [-0.39, 0.29) is 10.7 Å². The van der Waals surface area contributed by atoms with Crippen molar-refractivity contribution < 1.29 is 9.18 Å². The van der Waals surface area contributed by atoms with Gasteiger partial charge in [0.2, 0.25) is 0 Å². The summed E-state index contributed by atoms with van der Waals surface area (Å²) < 4.78 is 13.8. The van der Waals surface area contributed by atoms with Crippen LogP contribution < -0.4 is 10.6 Å². The SMILES string of the molecule is CCNc1ccc(Cl)cc1C(=O)Nc1cccc(Cl)c1F. The van der Waals surface area contributed by atoms with Crippen LogP contribution in [0, 0.1) is 5.82 Å². The molecule has 0 bridgehead atoms. The van der Waals surface area contributed by atoms with Crippen molar-refractivity contribution in [1.82, 2.24) is 0 Å². The van der Waals surface area contributed by atoms with E-state index in [0.717, 1.165) is 0 Å². The maximum Gasteiger partial charge on any atom is 0.257 e. The molecule has 0 atom stereocenters. The highest BCUT2D eigenvalue weighted by Crippen LogP contribution is 2.25. The van der Waals surface area contributed by atoms with Gasteiger partial charge in [0.25, 0.3) is 5.91 Å². The number of benzene rings is 2. The van der Waals surface area contributed by atoms with Crippen molar-refractivity contribution in [2.45, 2.75) is 6.92 Å². The lowest BCUT2D eigenvalue weighted by atomic mass is 10.1. The number of rotatable bonds is 4. The van der Waals surface area contributed by atoms with Crippen LogP contribution in [0.25, 0.3) is 0 Å². The Labute approximate surface area is 132 Å². The molecule has 0 saturated carbocycles. The number of hydrogen-bond acceptors (Lipinski definition) is 2. The van der Waals surface area contributed by atoms with E-state index in [1.807, 2.05) is 6.92 Å². The second kappa shape index (κ2) is 6.78. The lowest BCUT2D eigenvalue weighted by Gasteiger charge is -2.12. The minimum Gasteiger partial charge on any atom is -0.385 e. The molecule has 1 amide bonds. The van der Waals surface area contributed by atoms with Crippen LogP contribution >= 0.6 is 23.2 Å². The van der Waals surface area contributed by atoms with E-state index >= 15 is 0 Å². The molecule has 0 aliphatic rings. The summed E-state index contributed by atoms with van der Waals surface area (Å²) in [5, 5.41) is 5.93. The summed E-state index contributed by atoms with van der Waals surface area (Å²) in [5.41, 5.74) is 0.987. The van der Waals surface area contributed by atoms with Gasteiger partial charge in [-0.3, -0.25) is 4.79 Å². The highest BCUT2D eigenvalue weighted by atomic mass is 35.5. The van der Waals surface area contributed by atoms with E-state index in [1.165, 1.54) is 18.2 Å². The maximum atomic E-state index is 13.8. The molecule has 2 rings (SSSR count). The van der Waals surface area contributed by atoms with Crippen molar-refractivity contribution in [2.24, 2.45) is 0 Å². The van der Waals surface area contributed by atoms with E-state index in [0.29, 0.717) is 22.8 Å². The van der Waals surface area contributed by atoms with Gasteiger partial charge in [0.1, 0.15) is 0 Å². The van der Waals surface area contributed by atoms with Gasteiger partial charge in [-0.15, -0.1) is 0 Å². The molecule has 110 valence electrons. The number of hydrogen-bond donors (Lipinski definition) is 2. The minimum absolute atomic E-state index is 0.0231. The highest BCUT2D eigenvalue weighted by molar-refractivity contribution is 6.31. The Balaban J connectivity index is 2.32. The smallest absolute Gasteiger partial charge is 0.257 e. The molecule has 0 radical (unpaired) electrons. The monoisotopic (exact) mass is 326 g/mol. The van der Waals surface area contributed by atoms with Gasteiger partial charge in [-0.2, -0.15) is 0 Å². The van der Waals surface area contributed by atoms with Crippen LogP contribution in [0.15, 0.2) is 36.4 Å². The third-order valence-electron chi connectivity index (χ3n) is 2.79. The first-order chi connectivity index (χ1) is 10.0. The summed E-state index contributed by atoms with van der Waals surface area (Å²) in [6.07, 6.45) is 0. The summed E-state index contributed by atoms with van der Waals surface area (Å²) in [7, 11) is 0. The van der Waals surface area contributed by atoms with Crippen LogP contribution in [0.1, 0.15) is 17.3 Å². The first-order valence-corrected chi connectivity index (χ1v) is 7.07. The highest BCUT2D eigenvalue weighted by Gasteiger charge is 2.15. The fraction of sp³-hybridized carbons (Fsp3) is 0.133. The van der Waals surface area contributed by atoms with Crippen molar-refractivity contribution in [3.63, 3.8) is 0 Å². The number of amides is 1. The molecule has 2 aromatic rings. The van der Waals surface area contributed by atoms with Gasteiger partial charge in [0, 0.05) is 17.3 Å². The fourth-order valence-electron chi connectivity index (χ4n) is 1.84. The molecular formula is C15H13Cl2FN2O. The number of nitrogens with one attached hydrogen (secondary N) is 2. The van der Waals surface area contributed by atoms with Gasteiger partial charge in [-0.1, -0.05) is 29.3 Å². The third-order valence-corrected chi connectivity index (χ3v) is 3.32. The average molecular weight is 327 g/mol. The summed E-state index contributed by atoms with van der Waals surface area (Å²) in [5.74, 6) is -1.13. The summed E-state index contributed by atoms with van der Waals surface area (Å²) in [6, 6.07) is 9.32. The lowest BCUT2D eigenvalue weighted by molar-refractivity contribution is 0.102. The predicted molar refractivity (Wildman–Crippen MR) is 85.0 cm³/mol. The van der Waals surface area contributed by atoms with E-state index in [1.54, 1.807) is 18.2 Å². The average Bonchev–Trinajstić information content (AvgIpc) is 2.46. The van der Waals surface area contributed by atoms with Crippen LogP contribution in [0.3, 0.4) is 0 Å². The van der Waals surface area contributed by atoms with Crippen molar-refractivity contribution in [2.75, 3.05) is 17.2 Å². The fourth-order valence-corrected chi connectivity index (χ4v) is 2.19. The van der Waals surface area contributed by atoms with Crippen molar-refractivity contribution in [3.8, 4) is 0 Å². The molecule has 6 heteroatoms. The Bertz CT molecular complexity index is 677. The van der Waals surface area contributed by atoms with Gasteiger partial charge >= 0.3 is 0 Å². The summed E-state index contributed by atoms with van der Waals surface area (Å²) in [6.45, 7) is 2.56. The molecular weight excluding hydrogens is 314 g/mol.